The lowest BCUT2D eigenvalue weighted by atomic mass is 10.2. The fourth-order valence-electron chi connectivity index (χ4n) is 2.60. The number of anilines is 1. The average molecular weight is 366 g/mol. The molecule has 0 aromatic heterocycles. The summed E-state index contributed by atoms with van der Waals surface area (Å²) >= 11 is 5.80. The normalized spacial score (nSPS) is 10.4. The average Bonchev–Trinajstić information content (AvgIpc) is 2.69. The Morgan fingerprint density at radius 2 is 1.46 bits per heavy atom. The molecule has 3 rings (SSSR count). The molecular formula is C22H20ClNO2. The topological polar surface area (TPSA) is 29.5 Å². The van der Waals surface area contributed by atoms with Crippen molar-refractivity contribution in [3.63, 3.8) is 0 Å². The zero-order valence-electron chi connectivity index (χ0n) is 14.6. The summed E-state index contributed by atoms with van der Waals surface area (Å²) in [5.41, 5.74) is 3.02. The zero-order valence-corrected chi connectivity index (χ0v) is 15.3. The Hall–Kier alpha value is -2.78. The molecule has 0 spiro atoms. The summed E-state index contributed by atoms with van der Waals surface area (Å²) in [6, 6.07) is 25.2. The number of ether oxygens (including phenoxy) is 1. The number of aryl methyl sites for hydroxylation is 1. The van der Waals surface area contributed by atoms with Crippen molar-refractivity contribution in [3.05, 3.63) is 90.0 Å². The lowest BCUT2D eigenvalue weighted by molar-refractivity contribution is -0.116. The van der Waals surface area contributed by atoms with Crippen LogP contribution in [0.25, 0.3) is 0 Å². The largest absolute Gasteiger partial charge is 0.457 e. The second-order valence-corrected chi connectivity index (χ2v) is 6.28. The minimum Gasteiger partial charge on any atom is -0.457 e. The first-order valence-corrected chi connectivity index (χ1v) is 8.94. The molecule has 0 unspecified atom stereocenters. The third-order valence-electron chi connectivity index (χ3n) is 4.00. The molecule has 4 heteroatoms. The van der Waals surface area contributed by atoms with Crippen LogP contribution in [0.5, 0.6) is 11.5 Å². The number of hydrogen-bond donors (Lipinski definition) is 0. The number of carbonyl (C=O) groups is 1. The smallest absolute Gasteiger partial charge is 0.242 e. The van der Waals surface area contributed by atoms with Gasteiger partial charge in [-0.1, -0.05) is 48.0 Å². The third-order valence-corrected chi connectivity index (χ3v) is 4.23. The summed E-state index contributed by atoms with van der Waals surface area (Å²) in [6.45, 7) is 2.51. The molecule has 3 nitrogen and oxygen atoms in total. The van der Waals surface area contributed by atoms with Crippen molar-refractivity contribution >= 4 is 23.2 Å². The van der Waals surface area contributed by atoms with Gasteiger partial charge >= 0.3 is 0 Å². The lowest BCUT2D eigenvalue weighted by Crippen LogP contribution is -2.31. The van der Waals surface area contributed by atoms with Crippen LogP contribution in [0.1, 0.15) is 11.1 Å². The molecule has 26 heavy (non-hydrogen) atoms. The monoisotopic (exact) mass is 365 g/mol. The number of amides is 1. The number of hydrogen-bond acceptors (Lipinski definition) is 2. The summed E-state index contributed by atoms with van der Waals surface area (Å²) in [6.07, 6.45) is 0. The van der Waals surface area contributed by atoms with Gasteiger partial charge in [0.15, 0.2) is 0 Å². The first kappa shape index (κ1) is 18.0. The molecule has 0 radical (unpaired) electrons. The van der Waals surface area contributed by atoms with Gasteiger partial charge in [0.05, 0.1) is 6.54 Å². The van der Waals surface area contributed by atoms with E-state index >= 15 is 0 Å². The molecule has 0 N–H and O–H groups in total. The minimum atomic E-state index is -0.136. The summed E-state index contributed by atoms with van der Waals surface area (Å²) in [7, 11) is 0. The molecule has 0 saturated heterocycles. The summed E-state index contributed by atoms with van der Waals surface area (Å²) in [5, 5.41) is 0. The molecule has 0 heterocycles. The van der Waals surface area contributed by atoms with Crippen LogP contribution in [0.15, 0.2) is 78.9 Å². The molecule has 0 fully saturated rings. The summed E-state index contributed by atoms with van der Waals surface area (Å²) < 4.78 is 5.84. The van der Waals surface area contributed by atoms with E-state index in [1.807, 2.05) is 85.8 Å². The molecule has 3 aromatic carbocycles. The number of rotatable bonds is 6. The van der Waals surface area contributed by atoms with Crippen LogP contribution in [0.4, 0.5) is 5.69 Å². The molecule has 3 aromatic rings. The maximum Gasteiger partial charge on any atom is 0.242 e. The van der Waals surface area contributed by atoms with Crippen LogP contribution in [-0.4, -0.2) is 11.8 Å². The maximum absolute atomic E-state index is 12.3. The van der Waals surface area contributed by atoms with E-state index in [9.17, 15) is 4.79 Å². The van der Waals surface area contributed by atoms with Gasteiger partial charge in [0.25, 0.3) is 0 Å². The van der Waals surface area contributed by atoms with E-state index < -0.39 is 0 Å². The number of nitrogens with zero attached hydrogens (tertiary/aromatic N) is 1. The second kappa shape index (κ2) is 8.54. The highest BCUT2D eigenvalue weighted by atomic mass is 35.5. The second-order valence-electron chi connectivity index (χ2n) is 6.01. The molecule has 0 aliphatic heterocycles. The van der Waals surface area contributed by atoms with Gasteiger partial charge in [-0.3, -0.25) is 4.79 Å². The predicted molar refractivity (Wildman–Crippen MR) is 106 cm³/mol. The zero-order chi connectivity index (χ0) is 18.4. The van der Waals surface area contributed by atoms with E-state index in [0.717, 1.165) is 22.7 Å². The number of alkyl halides is 1. The van der Waals surface area contributed by atoms with Crippen LogP contribution < -0.4 is 9.64 Å². The highest BCUT2D eigenvalue weighted by molar-refractivity contribution is 6.29. The van der Waals surface area contributed by atoms with Crippen LogP contribution in [0.2, 0.25) is 0 Å². The number of carbonyl (C=O) groups excluding carboxylic acids is 1. The van der Waals surface area contributed by atoms with Gasteiger partial charge in [0, 0.05) is 5.69 Å². The Morgan fingerprint density at radius 1 is 0.885 bits per heavy atom. The Balaban J connectivity index is 1.77. The Morgan fingerprint density at radius 3 is 2.04 bits per heavy atom. The van der Waals surface area contributed by atoms with E-state index in [2.05, 4.69) is 0 Å². The van der Waals surface area contributed by atoms with E-state index in [0.29, 0.717) is 6.54 Å². The molecular weight excluding hydrogens is 346 g/mol. The summed E-state index contributed by atoms with van der Waals surface area (Å²) in [5.74, 6) is 1.30. The van der Waals surface area contributed by atoms with Gasteiger partial charge in [0.1, 0.15) is 17.4 Å². The molecule has 132 valence electrons. The van der Waals surface area contributed by atoms with Crippen LogP contribution in [0.3, 0.4) is 0 Å². The Kier molecular flexibility index (Phi) is 5.92. The van der Waals surface area contributed by atoms with Gasteiger partial charge < -0.3 is 9.64 Å². The molecule has 1 amide bonds. The highest BCUT2D eigenvalue weighted by Crippen LogP contribution is 2.26. The minimum absolute atomic E-state index is 0.0611. The van der Waals surface area contributed by atoms with Crippen molar-refractivity contribution in [2.45, 2.75) is 13.5 Å². The molecule has 0 bridgehead atoms. The maximum atomic E-state index is 12.3. The first-order chi connectivity index (χ1) is 12.7. The Bertz CT molecular complexity index is 846. The van der Waals surface area contributed by atoms with Gasteiger partial charge in [-0.2, -0.15) is 0 Å². The first-order valence-electron chi connectivity index (χ1n) is 8.40. The quantitative estimate of drug-likeness (QED) is 0.535. The van der Waals surface area contributed by atoms with Gasteiger partial charge in [-0.05, 0) is 48.9 Å². The van der Waals surface area contributed by atoms with E-state index in [4.69, 9.17) is 16.3 Å². The molecule has 0 aliphatic rings. The molecule has 0 atom stereocenters. The van der Waals surface area contributed by atoms with E-state index in [-0.39, 0.29) is 11.8 Å². The van der Waals surface area contributed by atoms with Gasteiger partial charge in [0.2, 0.25) is 5.91 Å². The predicted octanol–water partition coefficient (Wildman–Crippen LogP) is 5.56. The van der Waals surface area contributed by atoms with Crippen molar-refractivity contribution in [2.24, 2.45) is 0 Å². The van der Waals surface area contributed by atoms with Crippen molar-refractivity contribution in [3.8, 4) is 11.5 Å². The van der Waals surface area contributed by atoms with Gasteiger partial charge in [-0.15, -0.1) is 11.6 Å². The molecule has 0 aliphatic carbocycles. The van der Waals surface area contributed by atoms with E-state index in [1.54, 1.807) is 4.90 Å². The van der Waals surface area contributed by atoms with Crippen LogP contribution in [-0.2, 0) is 11.3 Å². The van der Waals surface area contributed by atoms with Crippen molar-refractivity contribution in [1.29, 1.82) is 0 Å². The highest BCUT2D eigenvalue weighted by Gasteiger charge is 2.15. The third kappa shape index (κ3) is 4.64. The van der Waals surface area contributed by atoms with Crippen molar-refractivity contribution in [2.75, 3.05) is 10.8 Å². The Labute approximate surface area is 158 Å². The lowest BCUT2D eigenvalue weighted by Gasteiger charge is -2.22. The SMILES string of the molecule is Cc1ccc(Oc2ccc(N(Cc3ccccc3)C(=O)CCl)cc2)cc1. The van der Waals surface area contributed by atoms with Gasteiger partial charge in [-0.25, -0.2) is 0 Å². The van der Waals surface area contributed by atoms with Crippen LogP contribution in [0, 0.1) is 6.92 Å². The fraction of sp³-hybridized carbons (Fsp3) is 0.136. The number of halogens is 1. The van der Waals surface area contributed by atoms with Crippen molar-refractivity contribution < 1.29 is 9.53 Å². The van der Waals surface area contributed by atoms with Crippen LogP contribution >= 0.6 is 11.6 Å². The number of benzene rings is 3. The summed E-state index contributed by atoms with van der Waals surface area (Å²) in [4.78, 5) is 14.0. The van der Waals surface area contributed by atoms with E-state index in [1.165, 1.54) is 5.56 Å². The fourth-order valence-corrected chi connectivity index (χ4v) is 2.74. The molecule has 0 saturated carbocycles. The standard InChI is InChI=1S/C22H20ClNO2/c1-17-7-11-20(12-8-17)26-21-13-9-19(10-14-21)24(22(25)15-23)16-18-5-3-2-4-6-18/h2-14H,15-16H2,1H3. The van der Waals surface area contributed by atoms with Crippen molar-refractivity contribution in [1.82, 2.24) is 0 Å².